The van der Waals surface area contributed by atoms with Crippen molar-refractivity contribution in [1.82, 2.24) is 0 Å². The zero-order chi connectivity index (χ0) is 13.3. The van der Waals surface area contributed by atoms with Gasteiger partial charge < -0.3 is 0 Å². The predicted octanol–water partition coefficient (Wildman–Crippen LogP) is 6.06. The number of unbranched alkanes of at least 4 members (excludes halogenated alkanes) is 1. The third-order valence-electron chi connectivity index (χ3n) is 2.78. The van der Waals surface area contributed by atoms with Crippen molar-refractivity contribution in [1.29, 1.82) is 0 Å². The zero-order valence-electron chi connectivity index (χ0n) is 9.85. The molecule has 5 heteroatoms. The minimum Gasteiger partial charge on any atom is -0.118 e. The summed E-state index contributed by atoms with van der Waals surface area (Å²) >= 11 is 5.80. The van der Waals surface area contributed by atoms with Crippen molar-refractivity contribution in [3.8, 4) is 0 Å². The van der Waals surface area contributed by atoms with Gasteiger partial charge in [0.15, 0.2) is 9.58 Å². The summed E-state index contributed by atoms with van der Waals surface area (Å²) in [5.41, 5.74) is -4.21. The Morgan fingerprint density at radius 3 is 2.56 bits per heavy atom. The Balaban J connectivity index is 2.62. The quantitative estimate of drug-likeness (QED) is 0.603. The van der Waals surface area contributed by atoms with Crippen LogP contribution in [0, 0.1) is 0 Å². The van der Waals surface area contributed by atoms with E-state index in [9.17, 15) is 13.2 Å². The fraction of sp³-hybridized carbons (Fsp3) is 0.385. The first-order chi connectivity index (χ1) is 8.43. The van der Waals surface area contributed by atoms with E-state index >= 15 is 0 Å². The van der Waals surface area contributed by atoms with E-state index < -0.39 is 16.0 Å². The zero-order valence-corrected chi connectivity index (χ0v) is 11.4. The molecule has 2 aromatic rings. The van der Waals surface area contributed by atoms with Crippen molar-refractivity contribution >= 4 is 32.2 Å². The Hall–Kier alpha value is -0.740. The minimum absolute atomic E-state index is 0.320. The van der Waals surface area contributed by atoms with Crippen LogP contribution in [0.4, 0.5) is 13.2 Å². The third-order valence-corrected chi connectivity index (χ3v) is 5.12. The van der Waals surface area contributed by atoms with E-state index in [0.29, 0.717) is 26.4 Å². The second-order valence-corrected chi connectivity index (χ2v) is 6.62. The molecule has 0 bridgehead atoms. The van der Waals surface area contributed by atoms with Crippen LogP contribution in [0.1, 0.15) is 24.6 Å². The van der Waals surface area contributed by atoms with Crippen LogP contribution >= 0.6 is 22.1 Å². The molecule has 0 N–H and O–H groups in total. The molecule has 0 saturated heterocycles. The molecule has 0 aliphatic heterocycles. The van der Waals surface area contributed by atoms with Gasteiger partial charge in [-0.3, -0.25) is 0 Å². The first-order valence-electron chi connectivity index (χ1n) is 5.74. The fourth-order valence-corrected chi connectivity index (χ4v) is 4.24. The predicted molar refractivity (Wildman–Crippen MR) is 71.3 cm³/mol. The molecule has 1 heterocycles. The summed E-state index contributed by atoms with van der Waals surface area (Å²) in [4.78, 5) is 0.488. The van der Waals surface area contributed by atoms with Crippen LogP contribution in [0.5, 0.6) is 0 Å². The Morgan fingerprint density at radius 2 is 1.94 bits per heavy atom. The van der Waals surface area contributed by atoms with Gasteiger partial charge >= 0.3 is 5.51 Å². The largest absolute Gasteiger partial charge is 0.600 e. The standard InChI is InChI=1S/C13H13ClF3S/c1-2-3-4-11-7-9-5-6-10(14)8-12(9)18(11)13(15,16)17/h5-8H,2-4H2,1H3/q+1. The molecule has 0 fully saturated rings. The van der Waals surface area contributed by atoms with Gasteiger partial charge in [-0.25, -0.2) is 0 Å². The highest BCUT2D eigenvalue weighted by Crippen LogP contribution is 2.51. The van der Waals surface area contributed by atoms with Crippen LogP contribution in [-0.4, -0.2) is 0 Å². The number of halogens is 4. The van der Waals surface area contributed by atoms with E-state index in [1.54, 1.807) is 18.2 Å². The lowest BCUT2D eigenvalue weighted by Gasteiger charge is -1.99. The maximum absolute atomic E-state index is 13.2. The molecule has 0 amide bonds. The lowest BCUT2D eigenvalue weighted by molar-refractivity contribution is -0.0867. The van der Waals surface area contributed by atoms with E-state index in [1.165, 1.54) is 6.07 Å². The molecule has 1 atom stereocenters. The average molecular weight is 294 g/mol. The maximum atomic E-state index is 13.2. The van der Waals surface area contributed by atoms with Gasteiger partial charge in [0.1, 0.15) is 0 Å². The van der Waals surface area contributed by atoms with Crippen LogP contribution < -0.4 is 0 Å². The van der Waals surface area contributed by atoms with Crippen LogP contribution in [0.3, 0.4) is 0 Å². The topological polar surface area (TPSA) is 0 Å². The average Bonchev–Trinajstić information content (AvgIpc) is 2.63. The molecule has 0 radical (unpaired) electrons. The van der Waals surface area contributed by atoms with Gasteiger partial charge in [-0.1, -0.05) is 24.9 Å². The lowest BCUT2D eigenvalue weighted by atomic mass is 10.2. The van der Waals surface area contributed by atoms with Gasteiger partial charge in [0.2, 0.25) is 0 Å². The van der Waals surface area contributed by atoms with Crippen LogP contribution in [-0.2, 0) is 11.9 Å². The van der Waals surface area contributed by atoms with Crippen LogP contribution in [0.2, 0.25) is 5.02 Å². The van der Waals surface area contributed by atoms with Crippen LogP contribution in [0.15, 0.2) is 24.3 Å². The first-order valence-corrected chi connectivity index (χ1v) is 7.35. The molecular weight excluding hydrogens is 281 g/mol. The van der Waals surface area contributed by atoms with E-state index in [1.807, 2.05) is 6.92 Å². The highest BCUT2D eigenvalue weighted by atomic mass is 35.5. The summed E-state index contributed by atoms with van der Waals surface area (Å²) < 4.78 is 39.9. The maximum Gasteiger partial charge on any atom is 0.600 e. The van der Waals surface area contributed by atoms with Gasteiger partial charge in [0.05, 0.1) is 10.5 Å². The Bertz CT molecular complexity index is 557. The molecule has 0 saturated carbocycles. The number of hydrogen-bond acceptors (Lipinski definition) is 0. The lowest BCUT2D eigenvalue weighted by Crippen LogP contribution is -1.98. The number of alkyl halides is 3. The summed E-state index contributed by atoms with van der Waals surface area (Å²) in [6.07, 6.45) is 2.18. The monoisotopic (exact) mass is 293 g/mol. The smallest absolute Gasteiger partial charge is 0.118 e. The van der Waals surface area contributed by atoms with Gasteiger partial charge in [0.25, 0.3) is 0 Å². The molecule has 18 heavy (non-hydrogen) atoms. The summed E-state index contributed by atoms with van der Waals surface area (Å²) in [5, 5.41) is 1.02. The number of benzene rings is 1. The SMILES string of the molecule is CCCCc1cc2ccc(Cl)cc2[s+]1C(F)(F)F. The highest BCUT2D eigenvalue weighted by molar-refractivity contribution is 7.38. The number of aryl methyl sites for hydroxylation is 1. The van der Waals surface area contributed by atoms with Crippen molar-refractivity contribution < 1.29 is 13.2 Å². The van der Waals surface area contributed by atoms with Gasteiger partial charge in [-0.15, -0.1) is 13.2 Å². The number of rotatable bonds is 3. The molecule has 0 spiro atoms. The molecule has 98 valence electrons. The number of thiophene rings is 1. The summed E-state index contributed by atoms with van der Waals surface area (Å²) in [5.74, 6) is 0. The molecule has 1 unspecified atom stereocenters. The molecule has 0 nitrogen and oxygen atoms in total. The van der Waals surface area contributed by atoms with Gasteiger partial charge in [-0.05, 0) is 18.6 Å². The van der Waals surface area contributed by atoms with E-state index in [2.05, 4.69) is 0 Å². The third kappa shape index (κ3) is 2.64. The fourth-order valence-electron chi connectivity index (χ4n) is 1.98. The van der Waals surface area contributed by atoms with E-state index in [0.717, 1.165) is 12.8 Å². The first kappa shape index (κ1) is 13.7. The minimum atomic E-state index is -4.21. The Labute approximate surface area is 111 Å². The van der Waals surface area contributed by atoms with Crippen molar-refractivity contribution in [3.63, 3.8) is 0 Å². The summed E-state index contributed by atoms with van der Waals surface area (Å²) in [6.45, 7) is 1.98. The second kappa shape index (κ2) is 5.10. The van der Waals surface area contributed by atoms with Gasteiger partial charge in [-0.2, -0.15) is 0 Å². The Morgan fingerprint density at radius 1 is 1.22 bits per heavy atom. The normalized spacial score (nSPS) is 13.3. The van der Waals surface area contributed by atoms with Crippen molar-refractivity contribution in [2.24, 2.45) is 0 Å². The van der Waals surface area contributed by atoms with E-state index in [4.69, 9.17) is 11.6 Å². The molecular formula is C13H13ClF3S+. The second-order valence-electron chi connectivity index (χ2n) is 4.15. The Kier molecular flexibility index (Phi) is 3.87. The van der Waals surface area contributed by atoms with Crippen molar-refractivity contribution in [2.45, 2.75) is 31.7 Å². The summed E-state index contributed by atoms with van der Waals surface area (Å²) in [7, 11) is -1.79. The van der Waals surface area contributed by atoms with Gasteiger partial charge in [0, 0.05) is 29.0 Å². The molecule has 2 rings (SSSR count). The van der Waals surface area contributed by atoms with Crippen LogP contribution in [0.25, 0.3) is 10.1 Å². The van der Waals surface area contributed by atoms with Crippen molar-refractivity contribution in [3.05, 3.63) is 34.2 Å². The number of fused-ring (bicyclic) bond motifs is 1. The summed E-state index contributed by atoms with van der Waals surface area (Å²) in [6, 6.07) is 6.43. The number of hydrogen-bond donors (Lipinski definition) is 0. The highest BCUT2D eigenvalue weighted by Gasteiger charge is 2.47. The van der Waals surface area contributed by atoms with Crippen molar-refractivity contribution in [2.75, 3.05) is 0 Å². The van der Waals surface area contributed by atoms with E-state index in [-0.39, 0.29) is 0 Å². The molecule has 0 aliphatic rings. The molecule has 1 aromatic carbocycles. The molecule has 1 aromatic heterocycles. The molecule has 0 aliphatic carbocycles.